The predicted molar refractivity (Wildman–Crippen MR) is 112 cm³/mol. The van der Waals surface area contributed by atoms with Crippen molar-refractivity contribution in [3.05, 3.63) is 35.9 Å². The van der Waals surface area contributed by atoms with Crippen LogP contribution >= 0.6 is 11.9 Å². The number of morpholine rings is 1. The molecule has 1 N–H and O–H groups in total. The van der Waals surface area contributed by atoms with Gasteiger partial charge in [0.2, 0.25) is 11.8 Å². The number of rotatable bonds is 8. The van der Waals surface area contributed by atoms with Crippen molar-refractivity contribution in [3.8, 4) is 0 Å². The molecule has 0 radical (unpaired) electrons. The monoisotopic (exact) mass is 405 g/mol. The molecule has 2 aliphatic heterocycles. The molecule has 1 unspecified atom stereocenters. The summed E-state index contributed by atoms with van der Waals surface area (Å²) in [5.41, 5.74) is 1.22. The highest BCUT2D eigenvalue weighted by atomic mass is 32.2. The second kappa shape index (κ2) is 11.4. The standard InChI is InChI=1S/C21H31N3O3S/c25-20(23-13-15-27-16-14-23)10-9-19(21(26)24-11-5-2-6-12-24)22-28-17-18-7-3-1-4-8-18/h1,3-4,7-8,19,22H,2,5-6,9-17H2. The highest BCUT2D eigenvalue weighted by molar-refractivity contribution is 7.96. The van der Waals surface area contributed by atoms with Gasteiger partial charge in [-0.05, 0) is 31.2 Å². The number of hydrogen-bond donors (Lipinski definition) is 1. The molecule has 2 heterocycles. The average Bonchev–Trinajstić information content (AvgIpc) is 2.77. The molecule has 2 amide bonds. The maximum Gasteiger partial charge on any atom is 0.240 e. The number of benzene rings is 1. The van der Waals surface area contributed by atoms with Gasteiger partial charge in [-0.2, -0.15) is 0 Å². The first-order chi connectivity index (χ1) is 13.7. The molecule has 154 valence electrons. The summed E-state index contributed by atoms with van der Waals surface area (Å²) in [7, 11) is 0. The first-order valence-corrected chi connectivity index (χ1v) is 11.3. The van der Waals surface area contributed by atoms with Crippen molar-refractivity contribution >= 4 is 23.8 Å². The highest BCUT2D eigenvalue weighted by Gasteiger charge is 2.27. The zero-order valence-corrected chi connectivity index (χ0v) is 17.3. The Morgan fingerprint density at radius 2 is 1.71 bits per heavy atom. The van der Waals surface area contributed by atoms with Crippen LogP contribution in [0.4, 0.5) is 0 Å². The third-order valence-corrected chi connectivity index (χ3v) is 6.21. The summed E-state index contributed by atoms with van der Waals surface area (Å²) in [5, 5.41) is 0. The van der Waals surface area contributed by atoms with Crippen LogP contribution in [-0.2, 0) is 20.1 Å². The van der Waals surface area contributed by atoms with Crippen molar-refractivity contribution in [2.75, 3.05) is 39.4 Å². The van der Waals surface area contributed by atoms with Crippen molar-refractivity contribution in [1.29, 1.82) is 0 Å². The van der Waals surface area contributed by atoms with Crippen molar-refractivity contribution in [2.45, 2.75) is 43.9 Å². The molecule has 0 spiro atoms. The molecule has 2 aliphatic rings. The quantitative estimate of drug-likeness (QED) is 0.673. The summed E-state index contributed by atoms with van der Waals surface area (Å²) < 4.78 is 8.67. The van der Waals surface area contributed by atoms with Gasteiger partial charge >= 0.3 is 0 Å². The Labute approximate surface area is 172 Å². The lowest BCUT2D eigenvalue weighted by atomic mass is 10.1. The molecular weight excluding hydrogens is 374 g/mol. The van der Waals surface area contributed by atoms with Gasteiger partial charge in [0, 0.05) is 38.4 Å². The Morgan fingerprint density at radius 3 is 2.43 bits per heavy atom. The minimum atomic E-state index is -0.322. The lowest BCUT2D eigenvalue weighted by Crippen LogP contribution is -2.47. The Balaban J connectivity index is 1.53. The van der Waals surface area contributed by atoms with Gasteiger partial charge in [-0.3, -0.25) is 14.3 Å². The van der Waals surface area contributed by atoms with Gasteiger partial charge in [-0.25, -0.2) is 0 Å². The van der Waals surface area contributed by atoms with E-state index in [2.05, 4.69) is 16.9 Å². The molecule has 7 heteroatoms. The Morgan fingerprint density at radius 1 is 1.00 bits per heavy atom. The first kappa shape index (κ1) is 21.1. The smallest absolute Gasteiger partial charge is 0.240 e. The number of nitrogens with zero attached hydrogens (tertiary/aromatic N) is 2. The van der Waals surface area contributed by atoms with Crippen molar-refractivity contribution in [2.24, 2.45) is 0 Å². The molecule has 2 saturated heterocycles. The van der Waals surface area contributed by atoms with Crippen molar-refractivity contribution < 1.29 is 14.3 Å². The molecule has 2 fully saturated rings. The number of carbonyl (C=O) groups excluding carboxylic acids is 2. The summed E-state index contributed by atoms with van der Waals surface area (Å²) in [4.78, 5) is 29.4. The lowest BCUT2D eigenvalue weighted by molar-refractivity contribution is -0.136. The molecule has 28 heavy (non-hydrogen) atoms. The molecular formula is C21H31N3O3S. The van der Waals surface area contributed by atoms with Crippen LogP contribution in [0.5, 0.6) is 0 Å². The fraction of sp³-hybridized carbons (Fsp3) is 0.619. The Hall–Kier alpha value is -1.57. The largest absolute Gasteiger partial charge is 0.378 e. The SMILES string of the molecule is O=C(CCC(NSCc1ccccc1)C(=O)N1CCCCC1)N1CCOCC1. The molecule has 1 aromatic carbocycles. The van der Waals surface area contributed by atoms with Crippen LogP contribution in [0, 0.1) is 0 Å². The van der Waals surface area contributed by atoms with E-state index in [1.807, 2.05) is 28.0 Å². The maximum absolute atomic E-state index is 13.0. The third kappa shape index (κ3) is 6.50. The number of piperidine rings is 1. The van der Waals surface area contributed by atoms with E-state index in [1.165, 1.54) is 12.0 Å². The van der Waals surface area contributed by atoms with Crippen molar-refractivity contribution in [1.82, 2.24) is 14.5 Å². The number of nitrogens with one attached hydrogen (secondary N) is 1. The molecule has 6 nitrogen and oxygen atoms in total. The van der Waals surface area contributed by atoms with Gasteiger partial charge in [-0.15, -0.1) is 0 Å². The van der Waals surface area contributed by atoms with Gasteiger partial charge in [0.15, 0.2) is 0 Å². The highest BCUT2D eigenvalue weighted by Crippen LogP contribution is 2.16. The zero-order valence-electron chi connectivity index (χ0n) is 16.5. The minimum absolute atomic E-state index is 0.120. The van der Waals surface area contributed by atoms with E-state index in [0.29, 0.717) is 39.1 Å². The number of ether oxygens (including phenoxy) is 1. The summed E-state index contributed by atoms with van der Waals surface area (Å²) in [6, 6.07) is 9.88. The van der Waals surface area contributed by atoms with E-state index in [1.54, 1.807) is 11.9 Å². The van der Waals surface area contributed by atoms with E-state index in [-0.39, 0.29) is 17.9 Å². The van der Waals surface area contributed by atoms with E-state index in [0.717, 1.165) is 31.7 Å². The molecule has 0 saturated carbocycles. The summed E-state index contributed by atoms with van der Waals surface area (Å²) in [5.74, 6) is 1.05. The molecule has 0 bridgehead atoms. The molecule has 0 aromatic heterocycles. The van der Waals surface area contributed by atoms with Crippen LogP contribution < -0.4 is 4.72 Å². The molecule has 1 atom stereocenters. The number of likely N-dealkylation sites (tertiary alicyclic amines) is 1. The number of amides is 2. The van der Waals surface area contributed by atoms with Gasteiger partial charge in [-0.1, -0.05) is 42.3 Å². The fourth-order valence-corrected chi connectivity index (χ4v) is 4.47. The zero-order chi connectivity index (χ0) is 19.6. The first-order valence-electron chi connectivity index (χ1n) is 10.3. The predicted octanol–water partition coefficient (Wildman–Crippen LogP) is 2.44. The third-order valence-electron chi connectivity index (χ3n) is 5.28. The fourth-order valence-electron chi connectivity index (χ4n) is 3.61. The lowest BCUT2D eigenvalue weighted by Gasteiger charge is -2.31. The number of carbonyl (C=O) groups is 2. The van der Waals surface area contributed by atoms with Crippen LogP contribution in [0.1, 0.15) is 37.7 Å². The summed E-state index contributed by atoms with van der Waals surface area (Å²) in [6.45, 7) is 4.18. The van der Waals surface area contributed by atoms with Gasteiger partial charge in [0.1, 0.15) is 0 Å². The average molecular weight is 406 g/mol. The maximum atomic E-state index is 13.0. The van der Waals surface area contributed by atoms with E-state index in [9.17, 15) is 9.59 Å². The van der Waals surface area contributed by atoms with Gasteiger partial charge in [0.05, 0.1) is 19.3 Å². The summed E-state index contributed by atoms with van der Waals surface area (Å²) in [6.07, 6.45) is 4.27. The van der Waals surface area contributed by atoms with E-state index in [4.69, 9.17) is 4.74 Å². The van der Waals surface area contributed by atoms with Gasteiger partial charge in [0.25, 0.3) is 0 Å². The van der Waals surface area contributed by atoms with Crippen LogP contribution in [0.25, 0.3) is 0 Å². The van der Waals surface area contributed by atoms with Crippen LogP contribution in [0.2, 0.25) is 0 Å². The van der Waals surface area contributed by atoms with Crippen LogP contribution in [-0.4, -0.2) is 67.0 Å². The van der Waals surface area contributed by atoms with Crippen molar-refractivity contribution in [3.63, 3.8) is 0 Å². The van der Waals surface area contributed by atoms with E-state index >= 15 is 0 Å². The second-order valence-corrected chi connectivity index (χ2v) is 8.18. The van der Waals surface area contributed by atoms with Crippen LogP contribution in [0.15, 0.2) is 30.3 Å². The molecule has 0 aliphatic carbocycles. The van der Waals surface area contributed by atoms with Crippen LogP contribution in [0.3, 0.4) is 0 Å². The Bertz CT molecular complexity index is 617. The van der Waals surface area contributed by atoms with Gasteiger partial charge < -0.3 is 14.5 Å². The Kier molecular flexibility index (Phi) is 8.64. The normalized spacial score (nSPS) is 18.7. The topological polar surface area (TPSA) is 61.9 Å². The van der Waals surface area contributed by atoms with E-state index < -0.39 is 0 Å². The molecule has 3 rings (SSSR count). The number of hydrogen-bond acceptors (Lipinski definition) is 5. The summed E-state index contributed by atoms with van der Waals surface area (Å²) >= 11 is 1.55. The molecule has 1 aromatic rings. The minimum Gasteiger partial charge on any atom is -0.378 e. The second-order valence-electron chi connectivity index (χ2n) is 7.36.